The van der Waals surface area contributed by atoms with E-state index in [0.29, 0.717) is 25.4 Å². The highest BCUT2D eigenvalue weighted by molar-refractivity contribution is 5.91. The van der Waals surface area contributed by atoms with E-state index < -0.39 is 5.97 Å². The predicted octanol–water partition coefficient (Wildman–Crippen LogP) is 2.03. The third-order valence-corrected chi connectivity index (χ3v) is 3.10. The van der Waals surface area contributed by atoms with E-state index in [0.717, 1.165) is 0 Å². The summed E-state index contributed by atoms with van der Waals surface area (Å²) in [5, 5.41) is 11.6. The van der Waals surface area contributed by atoms with Gasteiger partial charge in [-0.3, -0.25) is 0 Å². The smallest absolute Gasteiger partial charge is 0.335 e. The fourth-order valence-corrected chi connectivity index (χ4v) is 2.09. The minimum absolute atomic E-state index is 0.190. The van der Waals surface area contributed by atoms with Crippen molar-refractivity contribution in [3.05, 3.63) is 29.8 Å². The van der Waals surface area contributed by atoms with Crippen molar-refractivity contribution in [1.29, 1.82) is 0 Å². The van der Waals surface area contributed by atoms with Gasteiger partial charge in [-0.25, -0.2) is 9.59 Å². The number of nitrogens with one attached hydrogen (secondary N) is 1. The Balaban J connectivity index is 1.99. The van der Waals surface area contributed by atoms with Crippen LogP contribution in [0.15, 0.2) is 24.3 Å². The number of carbonyl (C=O) groups excluding carboxylic acids is 1. The summed E-state index contributed by atoms with van der Waals surface area (Å²) in [6, 6.07) is 5.87. The zero-order valence-corrected chi connectivity index (χ0v) is 11.5. The van der Waals surface area contributed by atoms with Crippen molar-refractivity contribution in [2.24, 2.45) is 0 Å². The Morgan fingerprint density at radius 3 is 2.50 bits per heavy atom. The first-order chi connectivity index (χ1) is 9.37. The number of amides is 2. The molecule has 2 N–H and O–H groups in total. The molecule has 0 spiro atoms. The molecule has 1 aromatic carbocycles. The summed E-state index contributed by atoms with van der Waals surface area (Å²) in [5.74, 6) is -0.988. The number of carbonyl (C=O) groups is 2. The molecule has 6 nitrogen and oxygen atoms in total. The maximum atomic E-state index is 12.1. The lowest BCUT2D eigenvalue weighted by atomic mass is 10.1. The lowest BCUT2D eigenvalue weighted by Gasteiger charge is -2.38. The standard InChI is InChI=1S/C14H18N2O4/c1-14(2)9-16(7-8-20-14)13(19)15-11-5-3-10(4-6-11)12(17)18/h3-6H,7-9H2,1-2H3,(H,15,19)(H,17,18). The van der Waals surface area contributed by atoms with Crippen LogP contribution in [0.5, 0.6) is 0 Å². The molecule has 0 radical (unpaired) electrons. The lowest BCUT2D eigenvalue weighted by molar-refractivity contribution is -0.0720. The van der Waals surface area contributed by atoms with Crippen molar-refractivity contribution in [2.45, 2.75) is 19.4 Å². The van der Waals surface area contributed by atoms with Crippen LogP contribution in [-0.4, -0.2) is 47.3 Å². The van der Waals surface area contributed by atoms with Crippen LogP contribution in [0.3, 0.4) is 0 Å². The molecule has 0 saturated carbocycles. The number of aromatic carboxylic acids is 1. The van der Waals surface area contributed by atoms with Crippen LogP contribution in [0, 0.1) is 0 Å². The number of carboxylic acids is 1. The average Bonchev–Trinajstić information content (AvgIpc) is 2.38. The van der Waals surface area contributed by atoms with Crippen molar-refractivity contribution in [3.8, 4) is 0 Å². The summed E-state index contributed by atoms with van der Waals surface area (Å²) < 4.78 is 5.55. The van der Waals surface area contributed by atoms with Crippen LogP contribution < -0.4 is 5.32 Å². The molecule has 1 fully saturated rings. The molecule has 0 aromatic heterocycles. The molecule has 2 amide bonds. The van der Waals surface area contributed by atoms with Crippen LogP contribution >= 0.6 is 0 Å². The van der Waals surface area contributed by atoms with Crippen LogP contribution in [0.4, 0.5) is 10.5 Å². The molecule has 20 heavy (non-hydrogen) atoms. The number of nitrogens with zero attached hydrogens (tertiary/aromatic N) is 1. The van der Waals surface area contributed by atoms with E-state index in [1.165, 1.54) is 12.1 Å². The molecule has 2 rings (SSSR count). The summed E-state index contributed by atoms with van der Waals surface area (Å²) in [6.07, 6.45) is 0. The Bertz CT molecular complexity index is 510. The van der Waals surface area contributed by atoms with Crippen LogP contribution in [0.2, 0.25) is 0 Å². The molecule has 0 bridgehead atoms. The zero-order valence-electron chi connectivity index (χ0n) is 11.5. The maximum absolute atomic E-state index is 12.1. The van der Waals surface area contributed by atoms with E-state index in [4.69, 9.17) is 9.84 Å². The van der Waals surface area contributed by atoms with Gasteiger partial charge in [0.1, 0.15) is 0 Å². The SMILES string of the molecule is CC1(C)CN(C(=O)Nc2ccc(C(=O)O)cc2)CCO1. The van der Waals surface area contributed by atoms with Crippen molar-refractivity contribution in [1.82, 2.24) is 4.90 Å². The highest BCUT2D eigenvalue weighted by Crippen LogP contribution is 2.18. The lowest BCUT2D eigenvalue weighted by Crippen LogP contribution is -2.51. The van der Waals surface area contributed by atoms with E-state index >= 15 is 0 Å². The number of carboxylic acid groups (broad SMARTS) is 1. The van der Waals surface area contributed by atoms with Gasteiger partial charge in [0.15, 0.2) is 0 Å². The van der Waals surface area contributed by atoms with Gasteiger partial charge in [-0.15, -0.1) is 0 Å². The van der Waals surface area contributed by atoms with Gasteiger partial charge < -0.3 is 20.1 Å². The summed E-state index contributed by atoms with van der Waals surface area (Å²) in [6.45, 7) is 5.45. The Hall–Kier alpha value is -2.08. The molecular formula is C14H18N2O4. The normalized spacial score (nSPS) is 17.6. The average molecular weight is 278 g/mol. The molecule has 1 aliphatic rings. The maximum Gasteiger partial charge on any atom is 0.335 e. The van der Waals surface area contributed by atoms with Crippen molar-refractivity contribution in [2.75, 3.05) is 25.0 Å². The molecule has 1 aliphatic heterocycles. The molecule has 6 heteroatoms. The number of urea groups is 1. The van der Waals surface area contributed by atoms with Gasteiger partial charge in [-0.05, 0) is 38.1 Å². The molecule has 108 valence electrons. The van der Waals surface area contributed by atoms with Crippen molar-refractivity contribution >= 4 is 17.7 Å². The van der Waals surface area contributed by atoms with Crippen molar-refractivity contribution in [3.63, 3.8) is 0 Å². The second-order valence-electron chi connectivity index (χ2n) is 5.34. The van der Waals surface area contributed by atoms with E-state index in [9.17, 15) is 9.59 Å². The quantitative estimate of drug-likeness (QED) is 0.867. The molecule has 1 heterocycles. The number of hydrogen-bond acceptors (Lipinski definition) is 3. The fraction of sp³-hybridized carbons (Fsp3) is 0.429. The van der Waals surface area contributed by atoms with Crippen LogP contribution in [0.25, 0.3) is 0 Å². The Labute approximate surface area is 117 Å². The fourth-order valence-electron chi connectivity index (χ4n) is 2.09. The van der Waals surface area contributed by atoms with Crippen LogP contribution in [-0.2, 0) is 4.74 Å². The van der Waals surface area contributed by atoms with E-state index in [1.54, 1.807) is 17.0 Å². The number of rotatable bonds is 2. The molecule has 0 aliphatic carbocycles. The Morgan fingerprint density at radius 2 is 1.95 bits per heavy atom. The largest absolute Gasteiger partial charge is 0.478 e. The molecule has 1 aromatic rings. The third kappa shape index (κ3) is 3.48. The first-order valence-electron chi connectivity index (χ1n) is 6.41. The summed E-state index contributed by atoms with van der Waals surface area (Å²) >= 11 is 0. The zero-order chi connectivity index (χ0) is 14.8. The molecule has 0 unspecified atom stereocenters. The van der Waals surface area contributed by atoms with Gasteiger partial charge in [-0.1, -0.05) is 0 Å². The summed E-state index contributed by atoms with van der Waals surface area (Å²) in [4.78, 5) is 24.5. The van der Waals surface area contributed by atoms with Gasteiger partial charge in [-0.2, -0.15) is 0 Å². The van der Waals surface area contributed by atoms with Crippen LogP contribution in [0.1, 0.15) is 24.2 Å². The first kappa shape index (κ1) is 14.3. The van der Waals surface area contributed by atoms with Gasteiger partial charge in [0.25, 0.3) is 0 Å². The number of anilines is 1. The second-order valence-corrected chi connectivity index (χ2v) is 5.34. The van der Waals surface area contributed by atoms with E-state index in [-0.39, 0.29) is 17.2 Å². The molecule has 0 atom stereocenters. The first-order valence-corrected chi connectivity index (χ1v) is 6.41. The number of ether oxygens (including phenoxy) is 1. The highest BCUT2D eigenvalue weighted by atomic mass is 16.5. The van der Waals surface area contributed by atoms with Gasteiger partial charge in [0, 0.05) is 12.2 Å². The third-order valence-electron chi connectivity index (χ3n) is 3.10. The Morgan fingerprint density at radius 1 is 1.30 bits per heavy atom. The second kappa shape index (κ2) is 5.50. The topological polar surface area (TPSA) is 78.9 Å². The predicted molar refractivity (Wildman–Crippen MR) is 74.0 cm³/mol. The Kier molecular flexibility index (Phi) is 3.94. The number of hydrogen-bond donors (Lipinski definition) is 2. The molecule has 1 saturated heterocycles. The van der Waals surface area contributed by atoms with Gasteiger partial charge in [0.2, 0.25) is 0 Å². The monoisotopic (exact) mass is 278 g/mol. The van der Waals surface area contributed by atoms with E-state index in [2.05, 4.69) is 5.32 Å². The highest BCUT2D eigenvalue weighted by Gasteiger charge is 2.29. The summed E-state index contributed by atoms with van der Waals surface area (Å²) in [5.41, 5.74) is 0.419. The number of benzene rings is 1. The van der Waals surface area contributed by atoms with E-state index in [1.807, 2.05) is 13.8 Å². The summed E-state index contributed by atoms with van der Waals surface area (Å²) in [7, 11) is 0. The minimum atomic E-state index is -0.988. The van der Waals surface area contributed by atoms with Gasteiger partial charge >= 0.3 is 12.0 Å². The van der Waals surface area contributed by atoms with Gasteiger partial charge in [0.05, 0.1) is 24.3 Å². The molecular weight excluding hydrogens is 260 g/mol. The van der Waals surface area contributed by atoms with Crippen molar-refractivity contribution < 1.29 is 19.4 Å². The number of morpholine rings is 1. The minimum Gasteiger partial charge on any atom is -0.478 e.